The molecule has 2 amide bonds. The third kappa shape index (κ3) is 6.77. The lowest BCUT2D eigenvalue weighted by Gasteiger charge is -2.31. The number of nitrogens with zero attached hydrogens (tertiary/aromatic N) is 1. The van der Waals surface area contributed by atoms with Crippen molar-refractivity contribution in [2.45, 2.75) is 45.3 Å². The molecular weight excluding hydrogens is 403 g/mol. The van der Waals surface area contributed by atoms with Gasteiger partial charge in [-0.2, -0.15) is 0 Å². The molecule has 3 aromatic carbocycles. The summed E-state index contributed by atoms with van der Waals surface area (Å²) >= 11 is 0. The van der Waals surface area contributed by atoms with Gasteiger partial charge in [0.2, 0.25) is 11.8 Å². The summed E-state index contributed by atoms with van der Waals surface area (Å²) in [5.74, 6) is -0.626. The number of rotatable bonds is 10. The van der Waals surface area contributed by atoms with Crippen LogP contribution in [-0.2, 0) is 29.1 Å². The molecule has 0 aliphatic heterocycles. The molecule has 0 fully saturated rings. The zero-order chi connectivity index (χ0) is 22.8. The van der Waals surface area contributed by atoms with Crippen LogP contribution in [0.2, 0.25) is 0 Å². The predicted molar refractivity (Wildman–Crippen MR) is 124 cm³/mol. The van der Waals surface area contributed by atoms with Crippen LogP contribution < -0.4 is 5.32 Å². The van der Waals surface area contributed by atoms with Gasteiger partial charge in [-0.05, 0) is 35.2 Å². The highest BCUT2D eigenvalue weighted by Gasteiger charge is 2.29. The number of carbonyl (C=O) groups excluding carboxylic acids is 2. The first kappa shape index (κ1) is 23.2. The monoisotopic (exact) mass is 432 g/mol. The second kappa shape index (κ2) is 11.8. The van der Waals surface area contributed by atoms with Crippen molar-refractivity contribution < 1.29 is 14.0 Å². The van der Waals surface area contributed by atoms with E-state index in [1.807, 2.05) is 67.6 Å². The minimum Gasteiger partial charge on any atom is -0.350 e. The van der Waals surface area contributed by atoms with Crippen LogP contribution in [0.25, 0.3) is 0 Å². The minimum atomic E-state index is -0.676. The van der Waals surface area contributed by atoms with Gasteiger partial charge in [0.25, 0.3) is 0 Å². The molecule has 0 aliphatic rings. The normalized spacial score (nSPS) is 11.6. The molecule has 0 bridgehead atoms. The molecule has 32 heavy (non-hydrogen) atoms. The number of carbonyl (C=O) groups is 2. The molecule has 0 heterocycles. The maximum atomic E-state index is 13.4. The molecule has 0 saturated carbocycles. The van der Waals surface area contributed by atoms with Crippen LogP contribution in [0.15, 0.2) is 84.9 Å². The molecule has 0 saturated heterocycles. The largest absolute Gasteiger partial charge is 0.350 e. The lowest BCUT2D eigenvalue weighted by atomic mass is 10.0. The van der Waals surface area contributed by atoms with Gasteiger partial charge < -0.3 is 10.2 Å². The summed E-state index contributed by atoms with van der Waals surface area (Å²) in [5, 5.41) is 3.00. The second-order valence-electron chi connectivity index (χ2n) is 7.81. The van der Waals surface area contributed by atoms with E-state index < -0.39 is 6.04 Å². The van der Waals surface area contributed by atoms with Crippen LogP contribution in [0.4, 0.5) is 4.39 Å². The average molecular weight is 433 g/mol. The topological polar surface area (TPSA) is 49.4 Å². The van der Waals surface area contributed by atoms with Gasteiger partial charge in [-0.15, -0.1) is 0 Å². The van der Waals surface area contributed by atoms with Gasteiger partial charge in [0.1, 0.15) is 11.9 Å². The van der Waals surface area contributed by atoms with Crippen molar-refractivity contribution >= 4 is 11.8 Å². The van der Waals surface area contributed by atoms with Crippen LogP contribution in [0.1, 0.15) is 36.5 Å². The highest BCUT2D eigenvalue weighted by molar-refractivity contribution is 5.88. The Bertz CT molecular complexity index is 991. The van der Waals surface area contributed by atoms with Crippen LogP contribution in [0, 0.1) is 5.82 Å². The van der Waals surface area contributed by atoms with Crippen LogP contribution in [0.3, 0.4) is 0 Å². The fourth-order valence-corrected chi connectivity index (χ4v) is 3.60. The first-order chi connectivity index (χ1) is 15.6. The van der Waals surface area contributed by atoms with Crippen molar-refractivity contribution in [3.8, 4) is 0 Å². The molecule has 166 valence electrons. The first-order valence-electron chi connectivity index (χ1n) is 11.0. The quantitative estimate of drug-likeness (QED) is 0.496. The molecule has 3 rings (SSSR count). The molecule has 0 aromatic heterocycles. The van der Waals surface area contributed by atoms with Crippen molar-refractivity contribution in [2.24, 2.45) is 0 Å². The third-order valence-electron chi connectivity index (χ3n) is 5.31. The number of hydrogen-bond donors (Lipinski definition) is 1. The average Bonchev–Trinajstić information content (AvgIpc) is 2.82. The van der Waals surface area contributed by atoms with Crippen molar-refractivity contribution in [3.63, 3.8) is 0 Å². The van der Waals surface area contributed by atoms with Gasteiger partial charge in [-0.25, -0.2) is 4.39 Å². The van der Waals surface area contributed by atoms with Gasteiger partial charge in [0, 0.05) is 25.9 Å². The lowest BCUT2D eigenvalue weighted by Crippen LogP contribution is -2.50. The van der Waals surface area contributed by atoms with E-state index in [4.69, 9.17) is 0 Å². The Hall–Kier alpha value is -3.47. The Morgan fingerprint density at radius 2 is 1.44 bits per heavy atom. The van der Waals surface area contributed by atoms with Gasteiger partial charge in [0.15, 0.2) is 0 Å². The predicted octanol–water partition coefficient (Wildman–Crippen LogP) is 4.88. The van der Waals surface area contributed by atoms with Gasteiger partial charge in [-0.3, -0.25) is 9.59 Å². The number of halogens is 1. The molecule has 0 spiro atoms. The molecule has 0 aliphatic carbocycles. The van der Waals surface area contributed by atoms with Crippen molar-refractivity contribution in [1.29, 1.82) is 0 Å². The second-order valence-corrected chi connectivity index (χ2v) is 7.81. The van der Waals surface area contributed by atoms with Crippen molar-refractivity contribution in [2.75, 3.05) is 0 Å². The van der Waals surface area contributed by atoms with Gasteiger partial charge in [0.05, 0.1) is 0 Å². The Labute approximate surface area is 189 Å². The van der Waals surface area contributed by atoms with E-state index in [1.54, 1.807) is 17.0 Å². The van der Waals surface area contributed by atoms with Crippen molar-refractivity contribution in [3.05, 3.63) is 107 Å². The van der Waals surface area contributed by atoms with E-state index >= 15 is 0 Å². The fraction of sp³-hybridized carbons (Fsp3) is 0.259. The van der Waals surface area contributed by atoms with Crippen LogP contribution in [-0.4, -0.2) is 22.8 Å². The molecule has 1 N–H and O–H groups in total. The Kier molecular flexibility index (Phi) is 8.55. The number of benzene rings is 3. The summed E-state index contributed by atoms with van der Waals surface area (Å²) in [6.07, 6.45) is 1.43. The molecule has 0 unspecified atom stereocenters. The van der Waals surface area contributed by atoms with Crippen LogP contribution >= 0.6 is 0 Å². The Morgan fingerprint density at radius 1 is 0.844 bits per heavy atom. The Morgan fingerprint density at radius 3 is 2.03 bits per heavy atom. The minimum absolute atomic E-state index is 0.0902. The third-order valence-corrected chi connectivity index (χ3v) is 5.31. The van der Waals surface area contributed by atoms with Crippen LogP contribution in [0.5, 0.6) is 0 Å². The smallest absolute Gasteiger partial charge is 0.243 e. The molecule has 4 nitrogen and oxygen atoms in total. The molecule has 5 heteroatoms. The van der Waals surface area contributed by atoms with E-state index in [0.29, 0.717) is 25.8 Å². The molecule has 1 atom stereocenters. The highest BCUT2D eigenvalue weighted by Crippen LogP contribution is 2.17. The lowest BCUT2D eigenvalue weighted by molar-refractivity contribution is -0.141. The van der Waals surface area contributed by atoms with Gasteiger partial charge in [-0.1, -0.05) is 79.7 Å². The zero-order valence-corrected chi connectivity index (χ0v) is 18.3. The number of amides is 2. The van der Waals surface area contributed by atoms with E-state index in [2.05, 4.69) is 5.32 Å². The summed E-state index contributed by atoms with van der Waals surface area (Å²) in [4.78, 5) is 28.1. The number of hydrogen-bond acceptors (Lipinski definition) is 2. The maximum absolute atomic E-state index is 13.4. The van der Waals surface area contributed by atoms with E-state index in [1.165, 1.54) is 12.1 Å². The number of nitrogens with one attached hydrogen (secondary N) is 1. The van der Waals surface area contributed by atoms with E-state index in [0.717, 1.165) is 16.7 Å². The molecule has 0 radical (unpaired) electrons. The summed E-state index contributed by atoms with van der Waals surface area (Å²) in [6, 6.07) is 24.7. The molecular formula is C27H29FN2O2. The highest BCUT2D eigenvalue weighted by atomic mass is 19.1. The summed E-state index contributed by atoms with van der Waals surface area (Å²) in [7, 11) is 0. The standard InChI is InChI=1S/C27H29FN2O2/c1-2-9-26(31)30(20-23-14-16-24(28)17-15-23)25(18-21-10-5-3-6-11-21)27(32)29-19-22-12-7-4-8-13-22/h3-8,10-17,25H,2,9,18-20H2,1H3,(H,29,32)/t25-/m1/s1. The SMILES string of the molecule is CCCC(=O)N(Cc1ccc(F)cc1)[C@H](Cc1ccccc1)C(=O)NCc1ccccc1. The van der Waals surface area contributed by atoms with E-state index in [-0.39, 0.29) is 24.2 Å². The summed E-state index contributed by atoms with van der Waals surface area (Å²) < 4.78 is 13.4. The van der Waals surface area contributed by atoms with Crippen molar-refractivity contribution in [1.82, 2.24) is 10.2 Å². The molecule has 3 aromatic rings. The van der Waals surface area contributed by atoms with E-state index in [9.17, 15) is 14.0 Å². The zero-order valence-electron chi connectivity index (χ0n) is 18.3. The summed E-state index contributed by atoms with van der Waals surface area (Å²) in [5.41, 5.74) is 2.75. The first-order valence-corrected chi connectivity index (χ1v) is 11.0. The Balaban J connectivity index is 1.87. The van der Waals surface area contributed by atoms with Gasteiger partial charge >= 0.3 is 0 Å². The maximum Gasteiger partial charge on any atom is 0.243 e. The fourth-order valence-electron chi connectivity index (χ4n) is 3.60. The summed E-state index contributed by atoms with van der Waals surface area (Å²) in [6.45, 7) is 2.57.